The molecule has 0 spiro atoms. The van der Waals surface area contributed by atoms with Crippen molar-refractivity contribution in [2.24, 2.45) is 0 Å². The average Bonchev–Trinajstić information content (AvgIpc) is 2.60. The number of hydrogen-bond acceptors (Lipinski definition) is 4. The Morgan fingerprint density at radius 1 is 1.16 bits per heavy atom. The smallest absolute Gasteiger partial charge is 0.295 e. The van der Waals surface area contributed by atoms with E-state index in [1.165, 1.54) is 12.1 Å². The van der Waals surface area contributed by atoms with Crippen LogP contribution in [0.2, 0.25) is 5.15 Å². The summed E-state index contributed by atoms with van der Waals surface area (Å²) in [7, 11) is 0. The van der Waals surface area contributed by atoms with Gasteiger partial charge in [-0.05, 0) is 25.0 Å². The number of amides is 1. The van der Waals surface area contributed by atoms with Gasteiger partial charge in [0.15, 0.2) is 5.69 Å². The lowest BCUT2D eigenvalue weighted by atomic mass is 10.0. The van der Waals surface area contributed by atoms with Gasteiger partial charge < -0.3 is 4.90 Å². The van der Waals surface area contributed by atoms with E-state index < -0.39 is 4.92 Å². The normalized spacial score (nSPS) is 10.5. The minimum Gasteiger partial charge on any atom is -0.339 e. The van der Waals surface area contributed by atoms with E-state index in [2.05, 4.69) is 4.98 Å². The largest absolute Gasteiger partial charge is 0.339 e. The van der Waals surface area contributed by atoms with E-state index in [1.807, 2.05) is 13.8 Å². The molecule has 25 heavy (non-hydrogen) atoms. The number of rotatable bonds is 7. The fourth-order valence-corrected chi connectivity index (χ4v) is 2.82. The van der Waals surface area contributed by atoms with Gasteiger partial charge in [-0.1, -0.05) is 43.6 Å². The molecule has 0 N–H and O–H groups in total. The lowest BCUT2D eigenvalue weighted by Crippen LogP contribution is -2.32. The third-order valence-corrected chi connectivity index (χ3v) is 3.93. The highest BCUT2D eigenvalue weighted by Crippen LogP contribution is 2.32. The molecule has 0 aliphatic carbocycles. The molecular weight excluding hydrogens is 342 g/mol. The third-order valence-electron chi connectivity index (χ3n) is 3.72. The molecular formula is C18H20ClN3O3. The second-order valence-electron chi connectivity index (χ2n) is 5.60. The van der Waals surface area contributed by atoms with Crippen LogP contribution in [0.3, 0.4) is 0 Å². The molecule has 0 aliphatic heterocycles. The summed E-state index contributed by atoms with van der Waals surface area (Å²) in [6.45, 7) is 5.27. The van der Waals surface area contributed by atoms with Crippen molar-refractivity contribution >= 4 is 23.2 Å². The molecule has 0 atom stereocenters. The number of halogens is 1. The molecule has 0 saturated heterocycles. The van der Waals surface area contributed by atoms with Crippen molar-refractivity contribution in [2.75, 3.05) is 13.1 Å². The van der Waals surface area contributed by atoms with E-state index in [9.17, 15) is 14.9 Å². The first-order valence-electron chi connectivity index (χ1n) is 8.19. The van der Waals surface area contributed by atoms with Gasteiger partial charge in [-0.15, -0.1) is 0 Å². The second-order valence-corrected chi connectivity index (χ2v) is 5.98. The van der Waals surface area contributed by atoms with Gasteiger partial charge in [-0.25, -0.2) is 4.98 Å². The second kappa shape index (κ2) is 8.58. The average molecular weight is 362 g/mol. The van der Waals surface area contributed by atoms with Gasteiger partial charge in [-0.3, -0.25) is 14.9 Å². The number of nitrogens with zero attached hydrogens (tertiary/aromatic N) is 3. The lowest BCUT2D eigenvalue weighted by molar-refractivity contribution is -0.384. The van der Waals surface area contributed by atoms with Crippen LogP contribution in [0.5, 0.6) is 0 Å². The van der Waals surface area contributed by atoms with Crippen LogP contribution in [-0.4, -0.2) is 33.8 Å². The van der Waals surface area contributed by atoms with Crippen LogP contribution in [0.15, 0.2) is 36.4 Å². The number of hydrogen-bond donors (Lipinski definition) is 0. The van der Waals surface area contributed by atoms with Gasteiger partial charge in [0.05, 0.1) is 4.92 Å². The zero-order valence-electron chi connectivity index (χ0n) is 14.2. The van der Waals surface area contributed by atoms with E-state index in [0.717, 1.165) is 12.8 Å². The summed E-state index contributed by atoms with van der Waals surface area (Å²) in [6, 6.07) is 9.47. The molecule has 6 nitrogen and oxygen atoms in total. The van der Waals surface area contributed by atoms with Crippen LogP contribution < -0.4 is 0 Å². The van der Waals surface area contributed by atoms with Crippen molar-refractivity contribution in [2.45, 2.75) is 26.7 Å². The van der Waals surface area contributed by atoms with Gasteiger partial charge in [0.1, 0.15) is 5.15 Å². The summed E-state index contributed by atoms with van der Waals surface area (Å²) in [4.78, 5) is 29.7. The molecule has 1 aromatic heterocycles. The van der Waals surface area contributed by atoms with Gasteiger partial charge >= 0.3 is 0 Å². The van der Waals surface area contributed by atoms with Crippen LogP contribution in [0, 0.1) is 10.1 Å². The fraction of sp³-hybridized carbons (Fsp3) is 0.333. The molecule has 0 unspecified atom stereocenters. The van der Waals surface area contributed by atoms with E-state index in [4.69, 9.17) is 11.6 Å². The Bertz CT molecular complexity index is 774. The van der Waals surface area contributed by atoms with E-state index in [1.54, 1.807) is 29.2 Å². The molecule has 2 rings (SSSR count). The maximum Gasteiger partial charge on any atom is 0.295 e. The monoisotopic (exact) mass is 361 g/mol. The van der Waals surface area contributed by atoms with Crippen molar-refractivity contribution in [3.05, 3.63) is 57.2 Å². The lowest BCUT2D eigenvalue weighted by Gasteiger charge is -2.22. The molecule has 7 heteroatoms. The summed E-state index contributed by atoms with van der Waals surface area (Å²) in [5.74, 6) is -0.157. The predicted molar refractivity (Wildman–Crippen MR) is 97.8 cm³/mol. The van der Waals surface area contributed by atoms with Gasteiger partial charge in [0.25, 0.3) is 11.6 Å². The zero-order chi connectivity index (χ0) is 18.4. The van der Waals surface area contributed by atoms with Gasteiger partial charge in [0, 0.05) is 30.3 Å². The highest BCUT2D eigenvalue weighted by Gasteiger charge is 2.24. The highest BCUT2D eigenvalue weighted by molar-refractivity contribution is 6.29. The molecule has 0 aliphatic rings. The van der Waals surface area contributed by atoms with Crippen LogP contribution in [0.25, 0.3) is 11.3 Å². The summed E-state index contributed by atoms with van der Waals surface area (Å²) in [5, 5.41) is 11.5. The Morgan fingerprint density at radius 2 is 1.80 bits per heavy atom. The Morgan fingerprint density at radius 3 is 2.40 bits per heavy atom. The van der Waals surface area contributed by atoms with Crippen molar-refractivity contribution < 1.29 is 9.72 Å². The maximum absolute atomic E-state index is 13.0. The summed E-state index contributed by atoms with van der Waals surface area (Å²) >= 11 is 5.94. The number of carbonyl (C=O) groups is 1. The van der Waals surface area contributed by atoms with Crippen LogP contribution >= 0.6 is 11.6 Å². The molecule has 0 bridgehead atoms. The Hall–Kier alpha value is -2.47. The number of nitro groups is 1. The van der Waals surface area contributed by atoms with Crippen LogP contribution in [-0.2, 0) is 0 Å². The molecule has 132 valence electrons. The topological polar surface area (TPSA) is 76.3 Å². The Kier molecular flexibility index (Phi) is 6.47. The van der Waals surface area contributed by atoms with Crippen molar-refractivity contribution in [1.82, 2.24) is 9.88 Å². The predicted octanol–water partition coefficient (Wildman–Crippen LogP) is 4.57. The SMILES string of the molecule is CCCN(CCC)C(=O)c1ccccc1-c1nc(Cl)ccc1[N+](=O)[O-]. The quantitative estimate of drug-likeness (QED) is 0.411. The standard InChI is InChI=1S/C18H20ClN3O3/c1-3-11-21(12-4-2)18(23)14-8-6-5-7-13(14)17-15(22(24)25)9-10-16(19)20-17/h5-10H,3-4,11-12H2,1-2H3. The molecule has 1 amide bonds. The zero-order valence-corrected chi connectivity index (χ0v) is 15.0. The minimum absolute atomic E-state index is 0.106. The van der Waals surface area contributed by atoms with Crippen molar-refractivity contribution in [3.63, 3.8) is 0 Å². The summed E-state index contributed by atoms with van der Waals surface area (Å²) in [6.07, 6.45) is 1.67. The van der Waals surface area contributed by atoms with Gasteiger partial charge in [-0.2, -0.15) is 0 Å². The number of carbonyl (C=O) groups excluding carboxylic acids is 1. The molecule has 2 aromatic rings. The van der Waals surface area contributed by atoms with Gasteiger partial charge in [0.2, 0.25) is 0 Å². The maximum atomic E-state index is 13.0. The minimum atomic E-state index is -0.518. The van der Waals surface area contributed by atoms with E-state index in [-0.39, 0.29) is 22.4 Å². The Labute approximate surface area is 151 Å². The Balaban J connectivity index is 2.57. The van der Waals surface area contributed by atoms with Crippen molar-refractivity contribution in [1.29, 1.82) is 0 Å². The van der Waals surface area contributed by atoms with Crippen LogP contribution in [0.4, 0.5) is 5.69 Å². The summed E-state index contributed by atoms with van der Waals surface area (Å²) < 4.78 is 0. The molecule has 1 heterocycles. The van der Waals surface area contributed by atoms with E-state index >= 15 is 0 Å². The number of benzene rings is 1. The molecule has 1 aromatic carbocycles. The third kappa shape index (κ3) is 4.33. The number of aromatic nitrogens is 1. The first kappa shape index (κ1) is 18.9. The van der Waals surface area contributed by atoms with E-state index in [0.29, 0.717) is 24.2 Å². The number of pyridine rings is 1. The van der Waals surface area contributed by atoms with Crippen molar-refractivity contribution in [3.8, 4) is 11.3 Å². The molecule has 0 fully saturated rings. The summed E-state index contributed by atoms with van der Waals surface area (Å²) in [5.41, 5.74) is 0.734. The first-order valence-corrected chi connectivity index (χ1v) is 8.57. The van der Waals surface area contributed by atoms with Crippen LogP contribution in [0.1, 0.15) is 37.0 Å². The fourth-order valence-electron chi connectivity index (χ4n) is 2.67. The highest BCUT2D eigenvalue weighted by atomic mass is 35.5. The molecule has 0 radical (unpaired) electrons. The molecule has 0 saturated carbocycles. The first-order chi connectivity index (χ1) is 12.0.